The van der Waals surface area contributed by atoms with Crippen LogP contribution in [-0.2, 0) is 4.79 Å². The summed E-state index contributed by atoms with van der Waals surface area (Å²) >= 11 is 0. The van der Waals surface area contributed by atoms with Crippen LogP contribution in [0.1, 0.15) is 83.5 Å². The van der Waals surface area contributed by atoms with Gasteiger partial charge in [0.25, 0.3) is 0 Å². The molecule has 2 saturated carbocycles. The standard InChI is InChI=1S/C18H32O3/c19-17-13-12-15(14-8-4-3-5-9-14)16(17)10-6-1-2-7-11-18(20)21/h14-17,19H,1-13H2,(H,20,21)/t15-,16-,17+/m0/s1. The molecule has 0 aromatic carbocycles. The number of hydrogen-bond acceptors (Lipinski definition) is 2. The Bertz CT molecular complexity index is 310. The van der Waals surface area contributed by atoms with Crippen LogP contribution >= 0.6 is 0 Å². The lowest BCUT2D eigenvalue weighted by Gasteiger charge is -2.32. The van der Waals surface area contributed by atoms with Crippen LogP contribution < -0.4 is 0 Å². The van der Waals surface area contributed by atoms with E-state index in [0.717, 1.165) is 50.4 Å². The van der Waals surface area contributed by atoms with Crippen LogP contribution in [0.4, 0.5) is 0 Å². The van der Waals surface area contributed by atoms with Gasteiger partial charge in [-0.2, -0.15) is 0 Å². The van der Waals surface area contributed by atoms with E-state index in [-0.39, 0.29) is 6.10 Å². The highest BCUT2D eigenvalue weighted by molar-refractivity contribution is 5.66. The van der Waals surface area contributed by atoms with E-state index in [4.69, 9.17) is 5.11 Å². The second-order valence-corrected chi connectivity index (χ2v) is 7.22. The molecule has 0 saturated heterocycles. The normalized spacial score (nSPS) is 30.6. The van der Waals surface area contributed by atoms with Gasteiger partial charge in [0, 0.05) is 6.42 Å². The number of aliphatic hydroxyl groups is 1. The zero-order valence-corrected chi connectivity index (χ0v) is 13.3. The van der Waals surface area contributed by atoms with Crippen LogP contribution in [0.15, 0.2) is 0 Å². The summed E-state index contributed by atoms with van der Waals surface area (Å²) in [6.07, 6.45) is 14.6. The van der Waals surface area contributed by atoms with Gasteiger partial charge in [-0.1, -0.05) is 51.4 Å². The summed E-state index contributed by atoms with van der Waals surface area (Å²) in [5.74, 6) is 1.47. The smallest absolute Gasteiger partial charge is 0.303 e. The van der Waals surface area contributed by atoms with Crippen molar-refractivity contribution in [1.29, 1.82) is 0 Å². The number of aliphatic hydroxyl groups excluding tert-OH is 1. The Morgan fingerprint density at radius 3 is 2.33 bits per heavy atom. The van der Waals surface area contributed by atoms with E-state index in [1.54, 1.807) is 0 Å². The van der Waals surface area contributed by atoms with Gasteiger partial charge in [-0.15, -0.1) is 0 Å². The van der Waals surface area contributed by atoms with Crippen molar-refractivity contribution in [2.45, 2.75) is 89.6 Å². The molecule has 3 nitrogen and oxygen atoms in total. The van der Waals surface area contributed by atoms with E-state index in [1.165, 1.54) is 38.5 Å². The largest absolute Gasteiger partial charge is 0.481 e. The van der Waals surface area contributed by atoms with Gasteiger partial charge in [-0.05, 0) is 43.4 Å². The summed E-state index contributed by atoms with van der Waals surface area (Å²) in [5, 5.41) is 18.9. The molecule has 21 heavy (non-hydrogen) atoms. The third-order valence-corrected chi connectivity index (χ3v) is 5.77. The summed E-state index contributed by atoms with van der Waals surface area (Å²) in [7, 11) is 0. The van der Waals surface area contributed by atoms with Crippen molar-refractivity contribution in [3.63, 3.8) is 0 Å². The van der Waals surface area contributed by atoms with Gasteiger partial charge < -0.3 is 10.2 Å². The molecule has 0 radical (unpaired) electrons. The average Bonchev–Trinajstić information content (AvgIpc) is 2.84. The average molecular weight is 296 g/mol. The molecule has 2 fully saturated rings. The van der Waals surface area contributed by atoms with Gasteiger partial charge in [-0.3, -0.25) is 4.79 Å². The van der Waals surface area contributed by atoms with Crippen molar-refractivity contribution in [2.75, 3.05) is 0 Å². The second-order valence-electron chi connectivity index (χ2n) is 7.22. The number of unbranched alkanes of at least 4 members (excludes halogenated alkanes) is 3. The van der Waals surface area contributed by atoms with Crippen molar-refractivity contribution >= 4 is 5.97 Å². The highest BCUT2D eigenvalue weighted by Gasteiger charge is 2.38. The number of rotatable bonds is 8. The maximum Gasteiger partial charge on any atom is 0.303 e. The summed E-state index contributed by atoms with van der Waals surface area (Å²) < 4.78 is 0. The molecule has 2 N–H and O–H groups in total. The third kappa shape index (κ3) is 5.28. The Morgan fingerprint density at radius 2 is 1.62 bits per heavy atom. The molecule has 2 rings (SSSR count). The van der Waals surface area contributed by atoms with E-state index in [1.807, 2.05) is 0 Å². The van der Waals surface area contributed by atoms with Crippen LogP contribution in [0.25, 0.3) is 0 Å². The molecule has 0 heterocycles. The summed E-state index contributed by atoms with van der Waals surface area (Å²) in [5.41, 5.74) is 0. The molecule has 2 aliphatic rings. The first-order chi connectivity index (χ1) is 10.2. The second kappa shape index (κ2) is 8.77. The first-order valence-electron chi connectivity index (χ1n) is 9.08. The third-order valence-electron chi connectivity index (χ3n) is 5.77. The van der Waals surface area contributed by atoms with E-state index in [0.29, 0.717) is 12.3 Å². The van der Waals surface area contributed by atoms with E-state index >= 15 is 0 Å². The van der Waals surface area contributed by atoms with Gasteiger partial charge in [-0.25, -0.2) is 0 Å². The molecule has 0 unspecified atom stereocenters. The zero-order chi connectivity index (χ0) is 15.1. The van der Waals surface area contributed by atoms with Crippen LogP contribution in [0.5, 0.6) is 0 Å². The molecule has 3 heteroatoms. The fourth-order valence-electron chi connectivity index (χ4n) is 4.64. The summed E-state index contributed by atoms with van der Waals surface area (Å²) in [6.45, 7) is 0. The Labute approximate surface area is 129 Å². The van der Waals surface area contributed by atoms with Crippen LogP contribution in [0, 0.1) is 17.8 Å². The van der Waals surface area contributed by atoms with Gasteiger partial charge in [0.15, 0.2) is 0 Å². The fourth-order valence-corrected chi connectivity index (χ4v) is 4.64. The number of carboxylic acid groups (broad SMARTS) is 1. The molecule has 0 amide bonds. The van der Waals surface area contributed by atoms with E-state index in [9.17, 15) is 9.90 Å². The van der Waals surface area contributed by atoms with E-state index in [2.05, 4.69) is 0 Å². The van der Waals surface area contributed by atoms with Crippen molar-refractivity contribution in [3.8, 4) is 0 Å². The topological polar surface area (TPSA) is 57.5 Å². The molecular formula is C18H32O3. The Morgan fingerprint density at radius 1 is 0.905 bits per heavy atom. The molecule has 0 aromatic heterocycles. The Hall–Kier alpha value is -0.570. The predicted molar refractivity (Wildman–Crippen MR) is 84.1 cm³/mol. The van der Waals surface area contributed by atoms with Gasteiger partial charge in [0.2, 0.25) is 0 Å². The molecule has 0 aliphatic heterocycles. The molecule has 2 aliphatic carbocycles. The van der Waals surface area contributed by atoms with Gasteiger partial charge in [0.1, 0.15) is 0 Å². The lowest BCUT2D eigenvalue weighted by Crippen LogP contribution is -2.26. The molecule has 0 spiro atoms. The first kappa shape index (κ1) is 16.8. The Kier molecular flexibility index (Phi) is 7.01. The lowest BCUT2D eigenvalue weighted by molar-refractivity contribution is -0.137. The number of hydrogen-bond donors (Lipinski definition) is 2. The van der Waals surface area contributed by atoms with Crippen molar-refractivity contribution in [3.05, 3.63) is 0 Å². The molecule has 0 aromatic rings. The molecule has 122 valence electrons. The number of carboxylic acids is 1. The van der Waals surface area contributed by atoms with Crippen LogP contribution in [0.2, 0.25) is 0 Å². The highest BCUT2D eigenvalue weighted by Crippen LogP contribution is 2.45. The summed E-state index contributed by atoms with van der Waals surface area (Å²) in [6, 6.07) is 0. The predicted octanol–water partition coefficient (Wildman–Crippen LogP) is 4.38. The minimum atomic E-state index is -0.682. The highest BCUT2D eigenvalue weighted by atomic mass is 16.4. The van der Waals surface area contributed by atoms with Crippen LogP contribution in [0.3, 0.4) is 0 Å². The maximum atomic E-state index is 10.5. The Balaban J connectivity index is 1.68. The fraction of sp³-hybridized carbons (Fsp3) is 0.944. The SMILES string of the molecule is O=C(O)CCCCCC[C@@H]1[C@H](O)CC[C@H]1C1CCCCC1. The number of aliphatic carboxylic acids is 1. The van der Waals surface area contributed by atoms with Gasteiger partial charge >= 0.3 is 5.97 Å². The van der Waals surface area contributed by atoms with Crippen molar-refractivity contribution < 1.29 is 15.0 Å². The minimum absolute atomic E-state index is 0.0732. The monoisotopic (exact) mass is 296 g/mol. The zero-order valence-electron chi connectivity index (χ0n) is 13.3. The van der Waals surface area contributed by atoms with Crippen molar-refractivity contribution in [1.82, 2.24) is 0 Å². The van der Waals surface area contributed by atoms with Crippen molar-refractivity contribution in [2.24, 2.45) is 17.8 Å². The molecular weight excluding hydrogens is 264 g/mol. The minimum Gasteiger partial charge on any atom is -0.481 e. The van der Waals surface area contributed by atoms with Gasteiger partial charge in [0.05, 0.1) is 6.10 Å². The molecule has 3 atom stereocenters. The van der Waals surface area contributed by atoms with E-state index < -0.39 is 5.97 Å². The molecule has 0 bridgehead atoms. The quantitative estimate of drug-likeness (QED) is 0.654. The van der Waals surface area contributed by atoms with Crippen LogP contribution in [-0.4, -0.2) is 22.3 Å². The first-order valence-corrected chi connectivity index (χ1v) is 9.08. The summed E-state index contributed by atoms with van der Waals surface area (Å²) in [4.78, 5) is 10.5. The lowest BCUT2D eigenvalue weighted by atomic mass is 9.74. The number of carbonyl (C=O) groups is 1. The maximum absolute atomic E-state index is 10.5.